The van der Waals surface area contributed by atoms with Gasteiger partial charge in [0, 0.05) is 40.1 Å². The first-order valence-corrected chi connectivity index (χ1v) is 15.4. The van der Waals surface area contributed by atoms with Crippen molar-refractivity contribution in [1.29, 1.82) is 21.0 Å². The third-order valence-corrected chi connectivity index (χ3v) is 12.0. The van der Waals surface area contributed by atoms with E-state index in [2.05, 4.69) is 49.8 Å². The summed E-state index contributed by atoms with van der Waals surface area (Å²) in [5, 5.41) is 37.5. The van der Waals surface area contributed by atoms with Crippen molar-refractivity contribution in [2.45, 2.75) is 38.5 Å². The number of nitrogens with zero attached hydrogens (tertiary/aromatic N) is 6. The van der Waals surface area contributed by atoms with Gasteiger partial charge in [0.15, 0.2) is 0 Å². The zero-order valence-corrected chi connectivity index (χ0v) is 25.0. The number of aliphatic imine (C=N–C) groups is 2. The molecule has 2 aliphatic rings. The van der Waals surface area contributed by atoms with Crippen molar-refractivity contribution in [3.63, 3.8) is 0 Å². The van der Waals surface area contributed by atoms with Gasteiger partial charge in [-0.3, -0.25) is 0 Å². The van der Waals surface area contributed by atoms with Crippen molar-refractivity contribution < 1.29 is 0 Å². The third-order valence-electron chi connectivity index (χ3n) is 7.30. The Bertz CT molecular complexity index is 1830. The molecule has 0 fully saturated rings. The second-order valence-electron chi connectivity index (χ2n) is 10.4. The molecule has 0 saturated carbocycles. The highest BCUT2D eigenvalue weighted by Gasteiger charge is 2.52. The summed E-state index contributed by atoms with van der Waals surface area (Å²) in [6.45, 7) is 9.20. The molecule has 0 N–H and O–H groups in total. The highest BCUT2D eigenvalue weighted by Crippen LogP contribution is 2.67. The molecule has 6 nitrogen and oxygen atoms in total. The Hall–Kier alpha value is -4.16. The maximum atomic E-state index is 9.05. The lowest BCUT2D eigenvalue weighted by atomic mass is 9.80. The first-order chi connectivity index (χ1) is 19.1. The fourth-order valence-corrected chi connectivity index (χ4v) is 10.4. The van der Waals surface area contributed by atoms with Gasteiger partial charge < -0.3 is 0 Å². The summed E-state index contributed by atoms with van der Waals surface area (Å²) in [5.41, 5.74) is 4.82. The van der Waals surface area contributed by atoms with Gasteiger partial charge in [0.1, 0.15) is 34.3 Å². The second-order valence-corrected chi connectivity index (χ2v) is 14.6. The fraction of sp³-hybridized carbons (Fsp3) is 0.200. The highest BCUT2D eigenvalue weighted by atomic mass is 32.1. The van der Waals surface area contributed by atoms with Crippen molar-refractivity contribution in [3.05, 3.63) is 57.3 Å². The van der Waals surface area contributed by atoms with Gasteiger partial charge in [-0.1, -0.05) is 27.7 Å². The summed E-state index contributed by atoms with van der Waals surface area (Å²) >= 11 is 6.58. The van der Waals surface area contributed by atoms with E-state index in [0.717, 1.165) is 9.75 Å². The Morgan fingerprint density at radius 1 is 0.575 bits per heavy atom. The summed E-state index contributed by atoms with van der Waals surface area (Å²) in [4.78, 5) is 15.5. The lowest BCUT2D eigenvalue weighted by Gasteiger charge is -2.23. The number of nitriles is 4. The summed E-state index contributed by atoms with van der Waals surface area (Å²) in [7, 11) is 0. The molecule has 0 radical (unpaired) electrons. The molecule has 40 heavy (non-hydrogen) atoms. The maximum Gasteiger partial charge on any atom is 0.219 e. The summed E-state index contributed by atoms with van der Waals surface area (Å²) in [5.74, 6) is 0. The first-order valence-electron chi connectivity index (χ1n) is 12.1. The molecule has 0 aliphatic heterocycles. The standard InChI is InChI=1S/C30H18N6S4/c1-29(2)17-9-21(19-5-7-23(37-19)35-15(11-31)12-32)39-27(17)26-25(29)28-18(30(26,3)4)10-22(40-28)20-6-8-24(38-20)36-16(13-33)14-34/h5-10H,1-4H3. The number of fused-ring (bicyclic) bond motifs is 4. The van der Waals surface area contributed by atoms with Crippen LogP contribution >= 0.6 is 45.3 Å². The summed E-state index contributed by atoms with van der Waals surface area (Å²) in [6, 6.07) is 19.6. The molecule has 4 heterocycles. The Labute approximate surface area is 247 Å². The SMILES string of the molecule is CC1(C)C2=C(c3sc(-c4ccc(N=C(C#N)C#N)s4)cc31)C(C)(C)c1cc(-c3ccc(N=C(C#N)C#N)s3)sc12. The Morgan fingerprint density at radius 3 is 1.30 bits per heavy atom. The number of hydrogen-bond donors (Lipinski definition) is 0. The van der Waals surface area contributed by atoms with Gasteiger partial charge in [-0.2, -0.15) is 21.0 Å². The van der Waals surface area contributed by atoms with Crippen LogP contribution in [0.2, 0.25) is 0 Å². The van der Waals surface area contributed by atoms with Gasteiger partial charge in [0.05, 0.1) is 0 Å². The lowest BCUT2D eigenvalue weighted by molar-refractivity contribution is 0.703. The Kier molecular flexibility index (Phi) is 6.00. The van der Waals surface area contributed by atoms with E-state index in [-0.39, 0.29) is 22.3 Å². The molecule has 0 amide bonds. The van der Waals surface area contributed by atoms with Gasteiger partial charge in [-0.15, -0.1) is 45.3 Å². The van der Waals surface area contributed by atoms with Crippen molar-refractivity contribution >= 4 is 77.9 Å². The van der Waals surface area contributed by atoms with Crippen LogP contribution in [-0.2, 0) is 10.8 Å². The number of allylic oxidation sites excluding steroid dienone is 2. The van der Waals surface area contributed by atoms with E-state index < -0.39 is 0 Å². The molecule has 2 aliphatic carbocycles. The minimum atomic E-state index is -0.170. The monoisotopic (exact) mass is 590 g/mol. The van der Waals surface area contributed by atoms with Crippen molar-refractivity contribution in [1.82, 2.24) is 0 Å². The van der Waals surface area contributed by atoms with Gasteiger partial charge in [0.2, 0.25) is 11.4 Å². The van der Waals surface area contributed by atoms with E-state index in [4.69, 9.17) is 21.0 Å². The van der Waals surface area contributed by atoms with Gasteiger partial charge in [0.25, 0.3) is 0 Å². The summed E-state index contributed by atoms with van der Waals surface area (Å²) < 4.78 is 0. The van der Waals surface area contributed by atoms with Crippen LogP contribution < -0.4 is 0 Å². The molecule has 0 aromatic carbocycles. The quantitative estimate of drug-likeness (QED) is 0.220. The van der Waals surface area contributed by atoms with E-state index in [9.17, 15) is 0 Å². The molecule has 0 atom stereocenters. The van der Waals surface area contributed by atoms with Crippen LogP contribution in [0.5, 0.6) is 0 Å². The molecular weight excluding hydrogens is 573 g/mol. The van der Waals surface area contributed by atoms with Crippen molar-refractivity contribution in [2.75, 3.05) is 0 Å². The molecule has 0 spiro atoms. The van der Waals surface area contributed by atoms with E-state index in [1.165, 1.54) is 64.5 Å². The molecule has 10 heteroatoms. The zero-order valence-electron chi connectivity index (χ0n) is 21.8. The van der Waals surface area contributed by atoms with Gasteiger partial charge >= 0.3 is 0 Å². The van der Waals surface area contributed by atoms with E-state index in [1.54, 1.807) is 22.7 Å². The smallest absolute Gasteiger partial charge is 0.216 e. The first kappa shape index (κ1) is 26.1. The number of thiophene rings is 4. The molecular formula is C30H18N6S4. The Balaban J connectivity index is 1.40. The van der Waals surface area contributed by atoms with Crippen LogP contribution in [0.3, 0.4) is 0 Å². The number of hydrogen-bond acceptors (Lipinski definition) is 10. The van der Waals surface area contributed by atoms with E-state index in [0.29, 0.717) is 10.0 Å². The molecule has 0 unspecified atom stereocenters. The van der Waals surface area contributed by atoms with Crippen LogP contribution in [0.25, 0.3) is 30.7 Å². The van der Waals surface area contributed by atoms with Crippen LogP contribution in [0.4, 0.5) is 10.0 Å². The second kappa shape index (κ2) is 9.20. The minimum Gasteiger partial charge on any atom is -0.216 e. The molecule has 0 saturated heterocycles. The van der Waals surface area contributed by atoms with Gasteiger partial charge in [-0.25, -0.2) is 9.98 Å². The lowest BCUT2D eigenvalue weighted by Crippen LogP contribution is -2.16. The predicted molar refractivity (Wildman–Crippen MR) is 165 cm³/mol. The van der Waals surface area contributed by atoms with Crippen molar-refractivity contribution in [2.24, 2.45) is 9.98 Å². The normalized spacial score (nSPS) is 15.2. The van der Waals surface area contributed by atoms with E-state index >= 15 is 0 Å². The van der Waals surface area contributed by atoms with E-state index in [1.807, 2.05) is 48.5 Å². The third kappa shape index (κ3) is 3.81. The van der Waals surface area contributed by atoms with Crippen LogP contribution in [0, 0.1) is 45.3 Å². The molecule has 4 aromatic rings. The Morgan fingerprint density at radius 2 is 0.950 bits per heavy atom. The highest BCUT2D eigenvalue weighted by molar-refractivity contribution is 7.25. The van der Waals surface area contributed by atoms with Crippen molar-refractivity contribution in [3.8, 4) is 43.8 Å². The maximum absolute atomic E-state index is 9.05. The topological polar surface area (TPSA) is 120 Å². The molecule has 4 aromatic heterocycles. The van der Waals surface area contributed by atoms with Crippen LogP contribution in [0.15, 0.2) is 46.4 Å². The average Bonchev–Trinajstić information content (AvgIpc) is 3.75. The largest absolute Gasteiger partial charge is 0.219 e. The fourth-order valence-electron chi connectivity index (χ4n) is 5.42. The van der Waals surface area contributed by atoms with Crippen LogP contribution in [-0.4, -0.2) is 11.4 Å². The zero-order chi connectivity index (χ0) is 28.4. The van der Waals surface area contributed by atoms with Gasteiger partial charge in [-0.05, 0) is 58.7 Å². The minimum absolute atomic E-state index is 0.142. The predicted octanol–water partition coefficient (Wildman–Crippen LogP) is 9.00. The molecule has 0 bridgehead atoms. The number of rotatable bonds is 4. The van der Waals surface area contributed by atoms with Crippen LogP contribution in [0.1, 0.15) is 48.6 Å². The average molecular weight is 591 g/mol. The molecule has 192 valence electrons. The summed E-state index contributed by atoms with van der Waals surface area (Å²) in [6.07, 6.45) is 0. The molecule has 6 rings (SSSR count).